The predicted molar refractivity (Wildman–Crippen MR) is 93.0 cm³/mol. The molecule has 6 heteroatoms. The zero-order valence-corrected chi connectivity index (χ0v) is 14.6. The number of sulfonamides is 1. The zero-order chi connectivity index (χ0) is 16.3. The molecular weight excluding hydrogens is 310 g/mol. The lowest BCUT2D eigenvalue weighted by atomic mass is 10.0. The maximum atomic E-state index is 11.5. The molecule has 0 spiro atoms. The van der Waals surface area contributed by atoms with E-state index in [1.165, 1.54) is 19.0 Å². The molecule has 0 bridgehead atoms. The van der Waals surface area contributed by atoms with Crippen LogP contribution in [0.25, 0.3) is 0 Å². The van der Waals surface area contributed by atoms with Crippen molar-refractivity contribution in [1.82, 2.24) is 14.9 Å². The normalized spacial score (nSPS) is 26.3. The van der Waals surface area contributed by atoms with Gasteiger partial charge in [-0.05, 0) is 45.0 Å². The van der Waals surface area contributed by atoms with Crippen molar-refractivity contribution in [2.75, 3.05) is 32.4 Å². The second-order valence-corrected chi connectivity index (χ2v) is 8.71. The Hall–Kier alpha value is -0.950. The van der Waals surface area contributed by atoms with Gasteiger partial charge < -0.3 is 10.2 Å². The second-order valence-electron chi connectivity index (χ2n) is 6.66. The van der Waals surface area contributed by atoms with Gasteiger partial charge in [0, 0.05) is 24.5 Å². The highest BCUT2D eigenvalue weighted by Gasteiger charge is 2.39. The fourth-order valence-electron chi connectivity index (χ4n) is 3.43. The Morgan fingerprint density at radius 2 is 1.87 bits per heavy atom. The maximum absolute atomic E-state index is 11.5. The second kappa shape index (κ2) is 7.30. The summed E-state index contributed by atoms with van der Waals surface area (Å²) in [7, 11) is -1.61. The first kappa shape index (κ1) is 16.9. The molecule has 0 aromatic heterocycles. The van der Waals surface area contributed by atoms with Gasteiger partial charge in [0.1, 0.15) is 0 Å². The summed E-state index contributed by atoms with van der Waals surface area (Å²) in [6, 6.07) is 11.9. The van der Waals surface area contributed by atoms with Crippen LogP contribution in [-0.4, -0.2) is 57.8 Å². The minimum Gasteiger partial charge on any atom is -0.311 e. The highest BCUT2D eigenvalue weighted by Crippen LogP contribution is 2.41. The molecule has 0 amide bonds. The van der Waals surface area contributed by atoms with Crippen molar-refractivity contribution in [3.05, 3.63) is 35.9 Å². The van der Waals surface area contributed by atoms with Crippen LogP contribution in [0, 0.1) is 0 Å². The summed E-state index contributed by atoms with van der Waals surface area (Å²) in [5.74, 6) is 0.871. The average Bonchev–Trinajstić information content (AvgIpc) is 3.34. The number of hydrogen-bond donors (Lipinski definition) is 2. The number of benzene rings is 1. The third-order valence-corrected chi connectivity index (χ3v) is 6.38. The summed E-state index contributed by atoms with van der Waals surface area (Å²) in [5, 5.41) is 3.79. The van der Waals surface area contributed by atoms with E-state index in [-0.39, 0.29) is 5.75 Å². The molecule has 5 nitrogen and oxygen atoms in total. The van der Waals surface area contributed by atoms with Crippen LogP contribution in [0.3, 0.4) is 0 Å². The van der Waals surface area contributed by atoms with E-state index in [0.717, 1.165) is 25.9 Å². The minimum atomic E-state index is -3.09. The molecule has 2 N–H and O–H groups in total. The van der Waals surface area contributed by atoms with Gasteiger partial charge in [-0.1, -0.05) is 30.3 Å². The monoisotopic (exact) mass is 337 g/mol. The summed E-state index contributed by atoms with van der Waals surface area (Å²) in [6.45, 7) is 2.60. The van der Waals surface area contributed by atoms with E-state index >= 15 is 0 Å². The predicted octanol–water partition coefficient (Wildman–Crippen LogP) is 1.15. The molecule has 2 aliphatic rings. The van der Waals surface area contributed by atoms with Crippen LogP contribution in [0.4, 0.5) is 0 Å². The molecule has 0 radical (unpaired) electrons. The van der Waals surface area contributed by atoms with Crippen LogP contribution in [0.2, 0.25) is 0 Å². The molecule has 0 unspecified atom stereocenters. The quantitative estimate of drug-likeness (QED) is 0.783. The number of piperidine rings is 1. The summed E-state index contributed by atoms with van der Waals surface area (Å²) in [4.78, 5) is 2.26. The minimum absolute atomic E-state index is 0.195. The molecule has 1 aliphatic carbocycles. The van der Waals surface area contributed by atoms with Crippen LogP contribution in [-0.2, 0) is 10.0 Å². The lowest BCUT2D eigenvalue weighted by molar-refractivity contribution is 0.206. The van der Waals surface area contributed by atoms with E-state index in [9.17, 15) is 8.42 Å². The maximum Gasteiger partial charge on any atom is 0.212 e. The van der Waals surface area contributed by atoms with Gasteiger partial charge in [-0.3, -0.25) is 0 Å². The molecule has 128 valence electrons. The average molecular weight is 337 g/mol. The van der Waals surface area contributed by atoms with Gasteiger partial charge in [0.25, 0.3) is 0 Å². The number of nitrogens with zero attached hydrogens (tertiary/aromatic N) is 1. The highest BCUT2D eigenvalue weighted by molar-refractivity contribution is 7.89. The molecule has 2 fully saturated rings. The van der Waals surface area contributed by atoms with Crippen molar-refractivity contribution in [1.29, 1.82) is 0 Å². The van der Waals surface area contributed by atoms with E-state index in [1.807, 2.05) is 0 Å². The SMILES string of the molecule is CNS(=O)(=O)CCN1CCC(N[C@@H]2C[C@H]2c2ccccc2)CC1. The Bertz CT molecular complexity index is 598. The van der Waals surface area contributed by atoms with Crippen molar-refractivity contribution in [2.45, 2.75) is 37.3 Å². The molecule has 1 heterocycles. The van der Waals surface area contributed by atoms with Crippen LogP contribution in [0.5, 0.6) is 0 Å². The summed E-state index contributed by atoms with van der Waals surface area (Å²) < 4.78 is 25.3. The topological polar surface area (TPSA) is 61.4 Å². The molecule has 1 saturated carbocycles. The van der Waals surface area contributed by atoms with Gasteiger partial charge in [0.15, 0.2) is 0 Å². The fourth-order valence-corrected chi connectivity index (χ4v) is 4.13. The molecule has 1 aliphatic heterocycles. The third-order valence-electron chi connectivity index (χ3n) is 5.04. The van der Waals surface area contributed by atoms with Crippen molar-refractivity contribution in [2.24, 2.45) is 0 Å². The molecule has 1 aromatic rings. The van der Waals surface area contributed by atoms with Crippen molar-refractivity contribution < 1.29 is 8.42 Å². The van der Waals surface area contributed by atoms with E-state index in [0.29, 0.717) is 24.5 Å². The first-order chi connectivity index (χ1) is 11.1. The van der Waals surface area contributed by atoms with Gasteiger partial charge >= 0.3 is 0 Å². The van der Waals surface area contributed by atoms with Gasteiger partial charge in [-0.15, -0.1) is 0 Å². The van der Waals surface area contributed by atoms with Crippen LogP contribution in [0.1, 0.15) is 30.7 Å². The van der Waals surface area contributed by atoms with Crippen molar-refractivity contribution in [3.8, 4) is 0 Å². The molecule has 23 heavy (non-hydrogen) atoms. The van der Waals surface area contributed by atoms with Gasteiger partial charge in [0.05, 0.1) is 5.75 Å². The van der Waals surface area contributed by atoms with E-state index < -0.39 is 10.0 Å². The van der Waals surface area contributed by atoms with E-state index in [4.69, 9.17) is 0 Å². The smallest absolute Gasteiger partial charge is 0.212 e. The van der Waals surface area contributed by atoms with Gasteiger partial charge in [-0.25, -0.2) is 13.1 Å². The van der Waals surface area contributed by atoms with E-state index in [1.54, 1.807) is 0 Å². The first-order valence-corrected chi connectivity index (χ1v) is 10.2. The molecule has 1 aromatic carbocycles. The van der Waals surface area contributed by atoms with Gasteiger partial charge in [-0.2, -0.15) is 0 Å². The molecular formula is C17H27N3O2S. The van der Waals surface area contributed by atoms with Crippen LogP contribution in [0.15, 0.2) is 30.3 Å². The Morgan fingerprint density at radius 3 is 2.52 bits per heavy atom. The standard InChI is InChI=1S/C17H27N3O2S/c1-18-23(21,22)12-11-20-9-7-15(8-10-20)19-17-13-16(17)14-5-3-2-4-6-14/h2-6,15-19H,7-13H2,1H3/t16-,17+/m0/s1. The lowest BCUT2D eigenvalue weighted by Crippen LogP contribution is -2.45. The fraction of sp³-hybridized carbons (Fsp3) is 0.647. The number of hydrogen-bond acceptors (Lipinski definition) is 4. The summed E-state index contributed by atoms with van der Waals surface area (Å²) >= 11 is 0. The largest absolute Gasteiger partial charge is 0.311 e. The lowest BCUT2D eigenvalue weighted by Gasteiger charge is -2.32. The van der Waals surface area contributed by atoms with Crippen LogP contribution < -0.4 is 10.0 Å². The van der Waals surface area contributed by atoms with Crippen molar-refractivity contribution >= 4 is 10.0 Å². The zero-order valence-electron chi connectivity index (χ0n) is 13.7. The highest BCUT2D eigenvalue weighted by atomic mass is 32.2. The van der Waals surface area contributed by atoms with E-state index in [2.05, 4.69) is 45.3 Å². The number of likely N-dealkylation sites (tertiary alicyclic amines) is 1. The Balaban J connectivity index is 1.37. The molecule has 2 atom stereocenters. The number of rotatable bonds is 7. The number of nitrogens with one attached hydrogen (secondary N) is 2. The Labute approximate surface area is 139 Å². The third kappa shape index (κ3) is 4.76. The Kier molecular flexibility index (Phi) is 5.36. The summed E-state index contributed by atoms with van der Waals surface area (Å²) in [5.41, 5.74) is 1.44. The molecule has 3 rings (SSSR count). The first-order valence-electron chi connectivity index (χ1n) is 8.52. The Morgan fingerprint density at radius 1 is 1.17 bits per heavy atom. The summed E-state index contributed by atoms with van der Waals surface area (Å²) in [6.07, 6.45) is 3.46. The van der Waals surface area contributed by atoms with Gasteiger partial charge in [0.2, 0.25) is 10.0 Å². The molecule has 1 saturated heterocycles. The van der Waals surface area contributed by atoms with Crippen LogP contribution >= 0.6 is 0 Å². The van der Waals surface area contributed by atoms with Crippen molar-refractivity contribution in [3.63, 3.8) is 0 Å².